The molecule has 2 aliphatic heterocycles. The van der Waals surface area contributed by atoms with Gasteiger partial charge in [-0.05, 0) is 29.8 Å². The zero-order valence-electron chi connectivity index (χ0n) is 20.2. The Balaban J connectivity index is 1.28. The minimum Gasteiger partial charge on any atom is -0.382 e. The molecule has 0 saturated carbocycles. The van der Waals surface area contributed by atoms with Crippen molar-refractivity contribution in [2.45, 2.75) is 12.6 Å². The van der Waals surface area contributed by atoms with Gasteiger partial charge in [0.25, 0.3) is 5.91 Å². The number of hydrogen-bond acceptors (Lipinski definition) is 8. The molecule has 2 aliphatic rings. The topological polar surface area (TPSA) is 106 Å². The number of rotatable bonds is 6. The maximum absolute atomic E-state index is 12.8. The Hall–Kier alpha value is -4.02. The lowest BCUT2D eigenvalue weighted by molar-refractivity contribution is -0.0100. The Morgan fingerprint density at radius 1 is 1.19 bits per heavy atom. The number of aromatic nitrogens is 4. The number of morpholine rings is 1. The molecule has 3 aromatic heterocycles. The number of benzene rings is 1. The summed E-state index contributed by atoms with van der Waals surface area (Å²) in [5.74, 6) is 0.560. The Morgan fingerprint density at radius 3 is 2.94 bits per heavy atom. The predicted octanol–water partition coefficient (Wildman–Crippen LogP) is 2.87. The standard InChI is InChI=1S/C26H27N7O3/c1-32-8-7-19-24(29-15-30-25(19)32)18-4-5-21(23-20(18)12-28-26(23)34)31-22-6-3-16(11-27-22)33-9-10-36-17(13-33)14-35-2/h3-8,11,15,17H,9-10,12-14H2,1-2H3,(H,27,31)(H,28,34)/t17-/m0/s1. The monoisotopic (exact) mass is 485 g/mol. The average molecular weight is 486 g/mol. The Bertz CT molecular complexity index is 1430. The van der Waals surface area contributed by atoms with Gasteiger partial charge in [-0.2, -0.15) is 0 Å². The van der Waals surface area contributed by atoms with Crippen molar-refractivity contribution in [3.8, 4) is 11.3 Å². The molecule has 0 unspecified atom stereocenters. The highest BCUT2D eigenvalue weighted by Gasteiger charge is 2.28. The van der Waals surface area contributed by atoms with Crippen molar-refractivity contribution in [3.63, 3.8) is 0 Å². The highest BCUT2D eigenvalue weighted by atomic mass is 16.5. The second kappa shape index (κ2) is 9.21. The van der Waals surface area contributed by atoms with Crippen LogP contribution in [0.2, 0.25) is 0 Å². The summed E-state index contributed by atoms with van der Waals surface area (Å²) in [7, 11) is 3.64. The van der Waals surface area contributed by atoms with Gasteiger partial charge in [-0.3, -0.25) is 4.79 Å². The molecule has 1 saturated heterocycles. The number of fused-ring (bicyclic) bond motifs is 2. The minimum atomic E-state index is -0.109. The van der Waals surface area contributed by atoms with Crippen LogP contribution in [0.15, 0.2) is 49.1 Å². The molecule has 0 bridgehead atoms. The zero-order valence-corrected chi connectivity index (χ0v) is 20.2. The van der Waals surface area contributed by atoms with Gasteiger partial charge >= 0.3 is 0 Å². The molecule has 4 aromatic rings. The van der Waals surface area contributed by atoms with Gasteiger partial charge in [-0.1, -0.05) is 6.07 Å². The summed E-state index contributed by atoms with van der Waals surface area (Å²) in [4.78, 5) is 28.7. The van der Waals surface area contributed by atoms with Gasteiger partial charge in [0, 0.05) is 50.9 Å². The number of amides is 1. The minimum absolute atomic E-state index is 0.0492. The van der Waals surface area contributed by atoms with E-state index in [0.717, 1.165) is 46.6 Å². The molecule has 36 heavy (non-hydrogen) atoms. The highest BCUT2D eigenvalue weighted by Crippen LogP contribution is 2.36. The van der Waals surface area contributed by atoms with Crippen LogP contribution in [-0.4, -0.2) is 64.9 Å². The molecular weight excluding hydrogens is 458 g/mol. The Labute approximate surface area is 208 Å². The predicted molar refractivity (Wildman–Crippen MR) is 136 cm³/mol. The molecule has 1 aromatic carbocycles. The van der Waals surface area contributed by atoms with Gasteiger partial charge in [0.15, 0.2) is 0 Å². The largest absolute Gasteiger partial charge is 0.382 e. The molecule has 5 heterocycles. The summed E-state index contributed by atoms with van der Waals surface area (Å²) < 4.78 is 12.9. The fourth-order valence-corrected chi connectivity index (χ4v) is 4.99. The number of nitrogens with zero attached hydrogens (tertiary/aromatic N) is 5. The van der Waals surface area contributed by atoms with Crippen LogP contribution in [-0.2, 0) is 23.1 Å². The van der Waals surface area contributed by atoms with Crippen LogP contribution in [0.5, 0.6) is 0 Å². The third-order valence-corrected chi connectivity index (χ3v) is 6.75. The van der Waals surface area contributed by atoms with Gasteiger partial charge in [0.2, 0.25) is 0 Å². The smallest absolute Gasteiger partial charge is 0.254 e. The number of nitrogens with one attached hydrogen (secondary N) is 2. The number of pyridine rings is 1. The zero-order chi connectivity index (χ0) is 24.6. The van der Waals surface area contributed by atoms with Crippen molar-refractivity contribution >= 4 is 34.1 Å². The lowest BCUT2D eigenvalue weighted by Gasteiger charge is -2.34. The van der Waals surface area contributed by atoms with Gasteiger partial charge < -0.3 is 29.6 Å². The van der Waals surface area contributed by atoms with Gasteiger partial charge in [0.05, 0.1) is 48.1 Å². The van der Waals surface area contributed by atoms with Crippen LogP contribution in [0.25, 0.3) is 22.3 Å². The number of ether oxygens (including phenoxy) is 2. The van der Waals surface area contributed by atoms with E-state index in [1.165, 1.54) is 0 Å². The molecule has 10 heteroatoms. The molecule has 184 valence electrons. The normalized spacial score (nSPS) is 17.3. The van der Waals surface area contributed by atoms with Crippen LogP contribution >= 0.6 is 0 Å². The van der Waals surface area contributed by atoms with E-state index in [4.69, 9.17) is 9.47 Å². The molecule has 1 atom stereocenters. The Morgan fingerprint density at radius 2 is 2.11 bits per heavy atom. The first kappa shape index (κ1) is 22.4. The molecule has 1 amide bonds. The van der Waals surface area contributed by atoms with Crippen LogP contribution < -0.4 is 15.5 Å². The van der Waals surface area contributed by atoms with Crippen molar-refractivity contribution in [2.75, 3.05) is 43.6 Å². The van der Waals surface area contributed by atoms with Crippen LogP contribution in [0, 0.1) is 0 Å². The number of carbonyl (C=O) groups excluding carboxylic acids is 1. The molecule has 2 N–H and O–H groups in total. The third-order valence-electron chi connectivity index (χ3n) is 6.75. The second-order valence-corrected chi connectivity index (χ2v) is 9.00. The van der Waals surface area contributed by atoms with E-state index in [9.17, 15) is 4.79 Å². The van der Waals surface area contributed by atoms with E-state index in [0.29, 0.717) is 36.8 Å². The number of carbonyl (C=O) groups is 1. The molecule has 0 radical (unpaired) electrons. The third kappa shape index (κ3) is 3.94. The van der Waals surface area contributed by atoms with E-state index >= 15 is 0 Å². The summed E-state index contributed by atoms with van der Waals surface area (Å²) in [6, 6.07) is 9.90. The van der Waals surface area contributed by atoms with E-state index in [1.807, 2.05) is 54.3 Å². The van der Waals surface area contributed by atoms with Crippen LogP contribution in [0.3, 0.4) is 0 Å². The molecule has 0 spiro atoms. The van der Waals surface area contributed by atoms with Gasteiger partial charge in [-0.25, -0.2) is 15.0 Å². The van der Waals surface area contributed by atoms with E-state index in [1.54, 1.807) is 13.4 Å². The summed E-state index contributed by atoms with van der Waals surface area (Å²) in [5.41, 5.74) is 5.88. The van der Waals surface area contributed by atoms with E-state index < -0.39 is 0 Å². The van der Waals surface area contributed by atoms with E-state index in [2.05, 4.69) is 30.5 Å². The fourth-order valence-electron chi connectivity index (χ4n) is 4.99. The van der Waals surface area contributed by atoms with E-state index in [-0.39, 0.29) is 12.0 Å². The first-order valence-electron chi connectivity index (χ1n) is 11.9. The first-order valence-corrected chi connectivity index (χ1v) is 11.9. The summed E-state index contributed by atoms with van der Waals surface area (Å²) >= 11 is 0. The van der Waals surface area contributed by atoms with Crippen molar-refractivity contribution in [1.29, 1.82) is 0 Å². The quantitative estimate of drug-likeness (QED) is 0.430. The maximum atomic E-state index is 12.8. The van der Waals surface area contributed by atoms with Crippen LogP contribution in [0.1, 0.15) is 15.9 Å². The average Bonchev–Trinajstić information content (AvgIpc) is 3.48. The molecular formula is C26H27N7O3. The second-order valence-electron chi connectivity index (χ2n) is 9.00. The molecule has 1 fully saturated rings. The first-order chi connectivity index (χ1) is 17.6. The summed E-state index contributed by atoms with van der Waals surface area (Å²) in [6.45, 7) is 3.24. The van der Waals surface area contributed by atoms with Crippen molar-refractivity contribution in [2.24, 2.45) is 7.05 Å². The number of hydrogen-bond donors (Lipinski definition) is 2. The summed E-state index contributed by atoms with van der Waals surface area (Å²) in [5, 5.41) is 7.26. The van der Waals surface area contributed by atoms with Crippen LogP contribution in [0.4, 0.5) is 17.2 Å². The van der Waals surface area contributed by atoms with Gasteiger partial charge in [0.1, 0.15) is 17.8 Å². The maximum Gasteiger partial charge on any atom is 0.254 e. The van der Waals surface area contributed by atoms with Gasteiger partial charge in [-0.15, -0.1) is 0 Å². The van der Waals surface area contributed by atoms with Crippen molar-refractivity contribution in [3.05, 3.63) is 60.2 Å². The SMILES string of the molecule is COC[C@@H]1CN(c2ccc(Nc3ccc(-c4ncnc5c4ccn5C)c4c3C(=O)NC4)nc2)CCO1. The van der Waals surface area contributed by atoms with Crippen molar-refractivity contribution in [1.82, 2.24) is 24.8 Å². The van der Waals surface area contributed by atoms with Crippen molar-refractivity contribution < 1.29 is 14.3 Å². The molecule has 10 nitrogen and oxygen atoms in total. The number of aryl methyl sites for hydroxylation is 1. The fraction of sp³-hybridized carbons (Fsp3) is 0.308. The highest BCUT2D eigenvalue weighted by molar-refractivity contribution is 6.07. The number of anilines is 3. The lowest BCUT2D eigenvalue weighted by Crippen LogP contribution is -2.44. The lowest BCUT2D eigenvalue weighted by atomic mass is 9.97. The Kier molecular flexibility index (Phi) is 5.74. The molecule has 0 aliphatic carbocycles. The molecule has 6 rings (SSSR count). The number of methoxy groups -OCH3 is 1. The summed E-state index contributed by atoms with van der Waals surface area (Å²) in [6.07, 6.45) is 5.43.